The van der Waals surface area contributed by atoms with Crippen molar-refractivity contribution in [3.8, 4) is 0 Å². The van der Waals surface area contributed by atoms with Crippen LogP contribution in [0, 0.1) is 5.92 Å². The van der Waals surface area contributed by atoms with Gasteiger partial charge in [0.15, 0.2) is 0 Å². The van der Waals surface area contributed by atoms with Crippen LogP contribution in [0.5, 0.6) is 0 Å². The van der Waals surface area contributed by atoms with Crippen molar-refractivity contribution in [2.75, 3.05) is 33.7 Å². The minimum Gasteiger partial charge on any atom is -0.302 e. The molecule has 13 heavy (non-hydrogen) atoms. The van der Waals surface area contributed by atoms with Crippen LogP contribution in [-0.2, 0) is 0 Å². The van der Waals surface area contributed by atoms with Crippen molar-refractivity contribution < 1.29 is 0 Å². The zero-order valence-electron chi connectivity index (χ0n) is 9.21. The Morgan fingerprint density at radius 1 is 1.46 bits per heavy atom. The summed E-state index contributed by atoms with van der Waals surface area (Å²) in [4.78, 5) is 5.10. The number of hydrogen-bond acceptors (Lipinski definition) is 2. The molecule has 1 saturated carbocycles. The number of rotatable bonds is 4. The summed E-state index contributed by atoms with van der Waals surface area (Å²) in [6, 6.07) is 0. The van der Waals surface area contributed by atoms with Crippen LogP contribution in [0.2, 0.25) is 0 Å². The van der Waals surface area contributed by atoms with Gasteiger partial charge in [0.2, 0.25) is 0 Å². The summed E-state index contributed by atoms with van der Waals surface area (Å²) >= 11 is 0. The maximum atomic E-state index is 2.65. The monoisotopic (exact) mass is 182 g/mol. The first-order chi connectivity index (χ1) is 6.19. The summed E-state index contributed by atoms with van der Waals surface area (Å²) < 4.78 is 0. The second-order valence-corrected chi connectivity index (χ2v) is 4.99. The SMILES string of the molecule is CCCCN1CC2CC2(N(C)C)C1. The fourth-order valence-electron chi connectivity index (χ4n) is 2.80. The van der Waals surface area contributed by atoms with Crippen LogP contribution in [0.3, 0.4) is 0 Å². The van der Waals surface area contributed by atoms with Gasteiger partial charge >= 0.3 is 0 Å². The standard InChI is InChI=1S/C11H22N2/c1-4-5-6-13-8-10-7-11(10,9-13)12(2)3/h10H,4-9H2,1-3H3. The molecule has 2 rings (SSSR count). The fraction of sp³-hybridized carbons (Fsp3) is 1.00. The van der Waals surface area contributed by atoms with Crippen molar-refractivity contribution >= 4 is 0 Å². The molecule has 0 aromatic heterocycles. The van der Waals surface area contributed by atoms with Crippen molar-refractivity contribution in [1.82, 2.24) is 9.80 Å². The van der Waals surface area contributed by atoms with E-state index in [-0.39, 0.29) is 0 Å². The largest absolute Gasteiger partial charge is 0.302 e. The van der Waals surface area contributed by atoms with Gasteiger partial charge in [-0.15, -0.1) is 0 Å². The predicted molar refractivity (Wildman–Crippen MR) is 55.9 cm³/mol. The molecule has 0 aromatic carbocycles. The quantitative estimate of drug-likeness (QED) is 0.649. The van der Waals surface area contributed by atoms with E-state index in [2.05, 4.69) is 30.8 Å². The molecule has 1 aliphatic heterocycles. The van der Waals surface area contributed by atoms with Crippen molar-refractivity contribution in [1.29, 1.82) is 0 Å². The Morgan fingerprint density at radius 2 is 2.23 bits per heavy atom. The normalized spacial score (nSPS) is 38.3. The lowest BCUT2D eigenvalue weighted by Crippen LogP contribution is -2.37. The van der Waals surface area contributed by atoms with Gasteiger partial charge in [-0.1, -0.05) is 13.3 Å². The number of nitrogens with zero attached hydrogens (tertiary/aromatic N) is 2. The van der Waals surface area contributed by atoms with Crippen molar-refractivity contribution in [3.05, 3.63) is 0 Å². The third-order valence-electron chi connectivity index (χ3n) is 3.89. The Balaban J connectivity index is 1.83. The highest BCUT2D eigenvalue weighted by atomic mass is 15.3. The van der Waals surface area contributed by atoms with Crippen molar-refractivity contribution in [2.45, 2.75) is 31.7 Å². The van der Waals surface area contributed by atoms with Gasteiger partial charge in [0.1, 0.15) is 0 Å². The molecule has 76 valence electrons. The topological polar surface area (TPSA) is 6.48 Å². The van der Waals surface area contributed by atoms with Gasteiger partial charge in [-0.25, -0.2) is 0 Å². The number of unbranched alkanes of at least 4 members (excludes halogenated alkanes) is 1. The van der Waals surface area contributed by atoms with E-state index in [9.17, 15) is 0 Å². The molecule has 2 atom stereocenters. The van der Waals surface area contributed by atoms with E-state index in [4.69, 9.17) is 0 Å². The highest BCUT2D eigenvalue weighted by Crippen LogP contribution is 2.52. The van der Waals surface area contributed by atoms with Crippen LogP contribution in [-0.4, -0.2) is 49.1 Å². The molecule has 2 aliphatic rings. The third-order valence-corrected chi connectivity index (χ3v) is 3.89. The third kappa shape index (κ3) is 1.50. The minimum atomic E-state index is 0.591. The smallest absolute Gasteiger partial charge is 0.0375 e. The first kappa shape index (κ1) is 9.47. The summed E-state index contributed by atoms with van der Waals surface area (Å²) in [7, 11) is 4.48. The number of piperidine rings is 1. The molecule has 0 N–H and O–H groups in total. The minimum absolute atomic E-state index is 0.591. The van der Waals surface area contributed by atoms with Gasteiger partial charge in [-0.2, -0.15) is 0 Å². The summed E-state index contributed by atoms with van der Waals surface area (Å²) in [5.74, 6) is 0.986. The number of fused-ring (bicyclic) bond motifs is 1. The Bertz CT molecular complexity index is 191. The maximum Gasteiger partial charge on any atom is 0.0375 e. The molecule has 1 saturated heterocycles. The number of likely N-dealkylation sites (N-methyl/N-ethyl adjacent to an activating group) is 1. The van der Waals surface area contributed by atoms with Gasteiger partial charge in [0, 0.05) is 18.6 Å². The van der Waals surface area contributed by atoms with Crippen LogP contribution in [0.4, 0.5) is 0 Å². The Kier molecular flexibility index (Phi) is 2.37. The molecule has 0 bridgehead atoms. The fourth-order valence-corrected chi connectivity index (χ4v) is 2.80. The van der Waals surface area contributed by atoms with Crippen LogP contribution < -0.4 is 0 Å². The molecule has 0 spiro atoms. The zero-order valence-corrected chi connectivity index (χ0v) is 9.21. The van der Waals surface area contributed by atoms with Crippen molar-refractivity contribution in [3.63, 3.8) is 0 Å². The van der Waals surface area contributed by atoms with E-state index in [0.29, 0.717) is 5.54 Å². The first-order valence-corrected chi connectivity index (χ1v) is 5.59. The van der Waals surface area contributed by atoms with E-state index in [1.165, 1.54) is 38.9 Å². The molecule has 2 nitrogen and oxygen atoms in total. The van der Waals surface area contributed by atoms with E-state index in [1.54, 1.807) is 0 Å². The molecule has 2 unspecified atom stereocenters. The summed E-state index contributed by atoms with van der Waals surface area (Å²) in [6.07, 6.45) is 4.15. The molecule has 1 heterocycles. The Morgan fingerprint density at radius 3 is 2.77 bits per heavy atom. The highest BCUT2D eigenvalue weighted by Gasteiger charge is 2.60. The van der Waals surface area contributed by atoms with E-state index >= 15 is 0 Å². The molecule has 2 heteroatoms. The Hall–Kier alpha value is -0.0800. The van der Waals surface area contributed by atoms with Crippen LogP contribution in [0.25, 0.3) is 0 Å². The second kappa shape index (κ2) is 3.25. The van der Waals surface area contributed by atoms with Crippen LogP contribution in [0.1, 0.15) is 26.2 Å². The average Bonchev–Trinajstić information content (AvgIpc) is 2.67. The molecule has 0 radical (unpaired) electrons. The summed E-state index contributed by atoms with van der Waals surface area (Å²) in [5.41, 5.74) is 0.591. The maximum absolute atomic E-state index is 2.65. The number of hydrogen-bond donors (Lipinski definition) is 0. The molecule has 0 amide bonds. The molecule has 0 aromatic rings. The Labute approximate surface area is 81.9 Å². The van der Waals surface area contributed by atoms with Crippen molar-refractivity contribution in [2.24, 2.45) is 5.92 Å². The molecule has 2 fully saturated rings. The summed E-state index contributed by atoms with van der Waals surface area (Å²) in [6.45, 7) is 6.28. The van der Waals surface area contributed by atoms with Gasteiger partial charge in [0.05, 0.1) is 0 Å². The average molecular weight is 182 g/mol. The lowest BCUT2D eigenvalue weighted by Gasteiger charge is -2.25. The first-order valence-electron chi connectivity index (χ1n) is 5.59. The van der Waals surface area contributed by atoms with E-state index in [1.807, 2.05) is 0 Å². The second-order valence-electron chi connectivity index (χ2n) is 4.99. The van der Waals surface area contributed by atoms with Gasteiger partial charge in [-0.3, -0.25) is 0 Å². The van der Waals surface area contributed by atoms with Crippen LogP contribution >= 0.6 is 0 Å². The molecule has 1 aliphatic carbocycles. The predicted octanol–water partition coefficient (Wildman–Crippen LogP) is 1.42. The van der Waals surface area contributed by atoms with Gasteiger partial charge in [0.25, 0.3) is 0 Å². The van der Waals surface area contributed by atoms with E-state index in [0.717, 1.165) is 5.92 Å². The van der Waals surface area contributed by atoms with Crippen LogP contribution in [0.15, 0.2) is 0 Å². The lowest BCUT2D eigenvalue weighted by atomic mass is 10.2. The number of likely N-dealkylation sites (tertiary alicyclic amines) is 1. The van der Waals surface area contributed by atoms with Gasteiger partial charge < -0.3 is 9.80 Å². The summed E-state index contributed by atoms with van der Waals surface area (Å²) in [5, 5.41) is 0. The lowest BCUT2D eigenvalue weighted by molar-refractivity contribution is 0.217. The molecular formula is C11H22N2. The highest BCUT2D eigenvalue weighted by molar-refractivity contribution is 5.17. The van der Waals surface area contributed by atoms with Gasteiger partial charge in [-0.05, 0) is 39.4 Å². The zero-order chi connectivity index (χ0) is 9.47. The van der Waals surface area contributed by atoms with E-state index < -0.39 is 0 Å². The molecular weight excluding hydrogens is 160 g/mol.